The topological polar surface area (TPSA) is 29.5 Å². The molecule has 0 N–H and O–H groups in total. The fourth-order valence-electron chi connectivity index (χ4n) is 2.22. The number of nitrogens with zero attached hydrogens (tertiary/aromatic N) is 1. The van der Waals surface area contributed by atoms with Crippen LogP contribution < -0.4 is 4.74 Å². The first-order valence-electron chi connectivity index (χ1n) is 6.41. The van der Waals surface area contributed by atoms with Gasteiger partial charge in [-0.3, -0.25) is 4.79 Å². The van der Waals surface area contributed by atoms with Gasteiger partial charge in [0.1, 0.15) is 12.4 Å². The molecule has 0 aliphatic carbocycles. The van der Waals surface area contributed by atoms with Gasteiger partial charge in [-0.15, -0.1) is 11.3 Å². The van der Waals surface area contributed by atoms with Crippen LogP contribution in [-0.2, 0) is 6.54 Å². The van der Waals surface area contributed by atoms with E-state index in [1.807, 2.05) is 42.2 Å². The quantitative estimate of drug-likeness (QED) is 0.780. The van der Waals surface area contributed by atoms with Crippen molar-refractivity contribution in [1.82, 2.24) is 4.90 Å². The Bertz CT molecular complexity index is 634. The molecular formula is C15H14BrNO2S. The fraction of sp³-hybridized carbons (Fsp3) is 0.267. The van der Waals surface area contributed by atoms with E-state index in [0.29, 0.717) is 19.7 Å². The molecule has 0 saturated carbocycles. The van der Waals surface area contributed by atoms with E-state index in [4.69, 9.17) is 4.74 Å². The molecule has 0 fully saturated rings. The van der Waals surface area contributed by atoms with Gasteiger partial charge >= 0.3 is 0 Å². The third kappa shape index (κ3) is 2.60. The van der Waals surface area contributed by atoms with Crippen molar-refractivity contribution in [3.8, 4) is 5.75 Å². The number of benzene rings is 1. The van der Waals surface area contributed by atoms with E-state index in [1.165, 1.54) is 11.3 Å². The maximum atomic E-state index is 12.6. The first-order chi connectivity index (χ1) is 9.65. The Kier molecular flexibility index (Phi) is 3.81. The molecular weight excluding hydrogens is 338 g/mol. The number of para-hydroxylation sites is 1. The summed E-state index contributed by atoms with van der Waals surface area (Å²) in [6.07, 6.45) is 0. The van der Waals surface area contributed by atoms with Crippen LogP contribution in [0.4, 0.5) is 0 Å². The van der Waals surface area contributed by atoms with Crippen molar-refractivity contribution in [1.29, 1.82) is 0 Å². The van der Waals surface area contributed by atoms with E-state index in [9.17, 15) is 4.79 Å². The van der Waals surface area contributed by atoms with Gasteiger partial charge in [0.15, 0.2) is 0 Å². The number of carbonyl (C=O) groups is 1. The highest BCUT2D eigenvalue weighted by Crippen LogP contribution is 2.29. The highest BCUT2D eigenvalue weighted by atomic mass is 79.9. The SMILES string of the molecule is Cc1cc(C(=O)N2CCOc3ccccc3C2)sc1Br. The van der Waals surface area contributed by atoms with E-state index >= 15 is 0 Å². The van der Waals surface area contributed by atoms with Crippen LogP contribution >= 0.6 is 27.3 Å². The standard InChI is InChI=1S/C15H14BrNO2S/c1-10-8-13(20-14(10)16)15(18)17-6-7-19-12-5-3-2-4-11(12)9-17/h2-5,8H,6-7,9H2,1H3. The Hall–Kier alpha value is -1.33. The number of amides is 1. The summed E-state index contributed by atoms with van der Waals surface area (Å²) in [6.45, 7) is 3.75. The number of aryl methyl sites for hydroxylation is 1. The van der Waals surface area contributed by atoms with Crippen LogP contribution in [0.1, 0.15) is 20.8 Å². The van der Waals surface area contributed by atoms with Crippen molar-refractivity contribution in [2.75, 3.05) is 13.2 Å². The van der Waals surface area contributed by atoms with Gasteiger partial charge in [-0.2, -0.15) is 0 Å². The van der Waals surface area contributed by atoms with Gasteiger partial charge in [-0.1, -0.05) is 18.2 Å². The van der Waals surface area contributed by atoms with Crippen molar-refractivity contribution < 1.29 is 9.53 Å². The second kappa shape index (κ2) is 5.58. The Morgan fingerprint density at radius 2 is 2.20 bits per heavy atom. The zero-order chi connectivity index (χ0) is 14.1. The van der Waals surface area contributed by atoms with Gasteiger partial charge in [0, 0.05) is 12.1 Å². The average molecular weight is 352 g/mol. The molecule has 1 aliphatic heterocycles. The number of rotatable bonds is 1. The molecule has 3 rings (SSSR count). The highest BCUT2D eigenvalue weighted by Gasteiger charge is 2.22. The van der Waals surface area contributed by atoms with Crippen LogP contribution in [0.15, 0.2) is 34.1 Å². The van der Waals surface area contributed by atoms with Crippen molar-refractivity contribution in [3.63, 3.8) is 0 Å². The van der Waals surface area contributed by atoms with Gasteiger partial charge in [0.2, 0.25) is 0 Å². The normalized spacial score (nSPS) is 14.4. The van der Waals surface area contributed by atoms with Gasteiger partial charge in [-0.05, 0) is 40.5 Å². The van der Waals surface area contributed by atoms with Crippen molar-refractivity contribution in [2.45, 2.75) is 13.5 Å². The molecule has 3 nitrogen and oxygen atoms in total. The zero-order valence-corrected chi connectivity index (χ0v) is 13.5. The Balaban J connectivity index is 1.86. The van der Waals surface area contributed by atoms with E-state index in [0.717, 1.165) is 25.5 Å². The molecule has 2 heterocycles. The van der Waals surface area contributed by atoms with E-state index in [1.54, 1.807) is 0 Å². The predicted octanol–water partition coefficient (Wildman–Crippen LogP) is 3.85. The molecule has 1 aliphatic rings. The molecule has 0 atom stereocenters. The molecule has 0 saturated heterocycles. The van der Waals surface area contributed by atoms with E-state index < -0.39 is 0 Å². The molecule has 1 amide bonds. The summed E-state index contributed by atoms with van der Waals surface area (Å²) in [5.74, 6) is 0.954. The maximum absolute atomic E-state index is 12.6. The summed E-state index contributed by atoms with van der Waals surface area (Å²) >= 11 is 4.96. The number of hydrogen-bond donors (Lipinski definition) is 0. The van der Waals surface area contributed by atoms with Crippen LogP contribution in [-0.4, -0.2) is 24.0 Å². The van der Waals surface area contributed by atoms with Crippen molar-refractivity contribution in [3.05, 3.63) is 50.1 Å². The molecule has 104 valence electrons. The Morgan fingerprint density at radius 1 is 1.40 bits per heavy atom. The number of halogens is 1. The lowest BCUT2D eigenvalue weighted by Gasteiger charge is -2.18. The highest BCUT2D eigenvalue weighted by molar-refractivity contribution is 9.11. The Labute approximate surface area is 130 Å². The Morgan fingerprint density at radius 3 is 2.95 bits per heavy atom. The number of hydrogen-bond acceptors (Lipinski definition) is 3. The van der Waals surface area contributed by atoms with Gasteiger partial charge < -0.3 is 9.64 Å². The minimum Gasteiger partial charge on any atom is -0.491 e. The smallest absolute Gasteiger partial charge is 0.264 e. The largest absolute Gasteiger partial charge is 0.491 e. The van der Waals surface area contributed by atoms with Crippen LogP contribution in [0.25, 0.3) is 0 Å². The van der Waals surface area contributed by atoms with Crippen LogP contribution in [0.2, 0.25) is 0 Å². The third-order valence-electron chi connectivity index (χ3n) is 3.31. The second-order valence-corrected chi connectivity index (χ2v) is 7.12. The summed E-state index contributed by atoms with van der Waals surface area (Å²) in [6, 6.07) is 9.83. The van der Waals surface area contributed by atoms with Gasteiger partial charge in [0.05, 0.1) is 15.2 Å². The summed E-state index contributed by atoms with van der Waals surface area (Å²) in [5.41, 5.74) is 2.16. The summed E-state index contributed by atoms with van der Waals surface area (Å²) in [5, 5.41) is 0. The number of carbonyl (C=O) groups excluding carboxylic acids is 1. The van der Waals surface area contributed by atoms with Gasteiger partial charge in [0.25, 0.3) is 5.91 Å². The third-order valence-corrected chi connectivity index (χ3v) is 5.43. The zero-order valence-electron chi connectivity index (χ0n) is 11.1. The van der Waals surface area contributed by atoms with E-state index in [-0.39, 0.29) is 5.91 Å². The van der Waals surface area contributed by atoms with E-state index in [2.05, 4.69) is 15.9 Å². The first kappa shape index (κ1) is 13.6. The minimum absolute atomic E-state index is 0.0732. The second-order valence-electron chi connectivity index (χ2n) is 4.75. The monoisotopic (exact) mass is 351 g/mol. The predicted molar refractivity (Wildman–Crippen MR) is 83.4 cm³/mol. The average Bonchev–Trinajstić information content (AvgIpc) is 2.67. The molecule has 0 unspecified atom stereocenters. The fourth-order valence-corrected chi connectivity index (χ4v) is 3.72. The lowest BCUT2D eigenvalue weighted by molar-refractivity contribution is 0.0738. The molecule has 2 aromatic rings. The lowest BCUT2D eigenvalue weighted by Crippen LogP contribution is -2.31. The molecule has 0 spiro atoms. The van der Waals surface area contributed by atoms with Crippen LogP contribution in [0, 0.1) is 6.92 Å². The maximum Gasteiger partial charge on any atom is 0.264 e. The van der Waals surface area contributed by atoms with Crippen LogP contribution in [0.5, 0.6) is 5.75 Å². The lowest BCUT2D eigenvalue weighted by atomic mass is 10.2. The molecule has 1 aromatic carbocycles. The number of thiophene rings is 1. The number of ether oxygens (including phenoxy) is 1. The summed E-state index contributed by atoms with van der Waals surface area (Å²) in [4.78, 5) is 15.2. The first-order valence-corrected chi connectivity index (χ1v) is 8.02. The molecule has 20 heavy (non-hydrogen) atoms. The minimum atomic E-state index is 0.0732. The molecule has 0 radical (unpaired) electrons. The van der Waals surface area contributed by atoms with Crippen molar-refractivity contribution >= 4 is 33.2 Å². The molecule has 0 bridgehead atoms. The molecule has 5 heteroatoms. The summed E-state index contributed by atoms with van der Waals surface area (Å²) in [7, 11) is 0. The van der Waals surface area contributed by atoms with Crippen molar-refractivity contribution in [2.24, 2.45) is 0 Å². The van der Waals surface area contributed by atoms with Crippen LogP contribution in [0.3, 0.4) is 0 Å². The number of fused-ring (bicyclic) bond motifs is 1. The van der Waals surface area contributed by atoms with Gasteiger partial charge in [-0.25, -0.2) is 0 Å². The molecule has 1 aromatic heterocycles. The summed E-state index contributed by atoms with van der Waals surface area (Å²) < 4.78 is 6.71.